The van der Waals surface area contributed by atoms with Gasteiger partial charge in [0.25, 0.3) is 5.91 Å². The number of carbonyl (C=O) groups is 2. The molecule has 3 aromatic carbocycles. The summed E-state index contributed by atoms with van der Waals surface area (Å²) in [5, 5.41) is 12.0. The fourth-order valence-electron chi connectivity index (χ4n) is 2.98. The third-order valence-corrected chi connectivity index (χ3v) is 5.15. The average molecular weight is 496 g/mol. The van der Waals surface area contributed by atoms with Crippen LogP contribution in [0.5, 0.6) is 11.5 Å². The molecule has 164 valence electrons. The number of halogens is 1. The lowest BCUT2D eigenvalue weighted by Gasteiger charge is -2.14. The molecule has 0 aromatic heterocycles. The highest BCUT2D eigenvalue weighted by Crippen LogP contribution is 2.37. The number of hydrogen-bond acceptors (Lipinski definition) is 4. The molecule has 0 aliphatic rings. The Bertz CT molecular complexity index is 1110. The van der Waals surface area contributed by atoms with Gasteiger partial charge in [0.2, 0.25) is 0 Å². The lowest BCUT2D eigenvalue weighted by molar-refractivity contribution is -0.132. The molecular weight excluding hydrogens is 474 g/mol. The van der Waals surface area contributed by atoms with Crippen LogP contribution in [0, 0.1) is 0 Å². The molecule has 0 heterocycles. The molecule has 0 unspecified atom stereocenters. The summed E-state index contributed by atoms with van der Waals surface area (Å²) in [5.74, 6) is -0.803. The van der Waals surface area contributed by atoms with E-state index in [-0.39, 0.29) is 5.70 Å². The molecule has 0 fully saturated rings. The van der Waals surface area contributed by atoms with Gasteiger partial charge in [-0.2, -0.15) is 0 Å². The molecule has 2 N–H and O–H groups in total. The van der Waals surface area contributed by atoms with Crippen LogP contribution in [0.2, 0.25) is 0 Å². The number of benzene rings is 3. The summed E-state index contributed by atoms with van der Waals surface area (Å²) in [6.45, 7) is 0.446. The van der Waals surface area contributed by atoms with Crippen molar-refractivity contribution in [3.63, 3.8) is 0 Å². The van der Waals surface area contributed by atoms with Crippen LogP contribution >= 0.6 is 15.9 Å². The number of carboxylic acid groups (broad SMARTS) is 1. The van der Waals surface area contributed by atoms with Crippen molar-refractivity contribution >= 4 is 33.9 Å². The van der Waals surface area contributed by atoms with E-state index in [9.17, 15) is 14.7 Å². The zero-order valence-electron chi connectivity index (χ0n) is 17.4. The number of carbonyl (C=O) groups excluding carboxylic acids is 1. The number of aliphatic carboxylic acids is 1. The number of nitrogens with one attached hydrogen (secondary N) is 1. The molecule has 32 heavy (non-hydrogen) atoms. The van der Waals surface area contributed by atoms with Crippen molar-refractivity contribution in [3.05, 3.63) is 99.7 Å². The number of hydrogen-bond donors (Lipinski definition) is 2. The van der Waals surface area contributed by atoms with E-state index >= 15 is 0 Å². The molecule has 0 aliphatic heterocycles. The van der Waals surface area contributed by atoms with Crippen molar-refractivity contribution in [1.82, 2.24) is 5.32 Å². The van der Waals surface area contributed by atoms with Gasteiger partial charge in [0.05, 0.1) is 18.2 Å². The van der Waals surface area contributed by atoms with E-state index in [1.54, 1.807) is 42.5 Å². The second kappa shape index (κ2) is 11.2. The van der Waals surface area contributed by atoms with Crippen molar-refractivity contribution < 1.29 is 24.2 Å². The number of methoxy groups -OCH3 is 1. The Kier molecular flexibility index (Phi) is 8.05. The minimum atomic E-state index is -1.26. The minimum Gasteiger partial charge on any atom is -0.493 e. The molecular formula is C25H22BrNO5. The average Bonchev–Trinajstić information content (AvgIpc) is 2.80. The Morgan fingerprint density at radius 1 is 1.03 bits per heavy atom. The molecule has 0 atom stereocenters. The Balaban J connectivity index is 1.78. The smallest absolute Gasteiger partial charge is 0.352 e. The van der Waals surface area contributed by atoms with E-state index < -0.39 is 11.9 Å². The normalized spacial score (nSPS) is 11.0. The third kappa shape index (κ3) is 6.21. The molecule has 0 bridgehead atoms. The summed E-state index contributed by atoms with van der Waals surface area (Å²) in [4.78, 5) is 24.1. The molecule has 0 aliphatic carbocycles. The predicted molar refractivity (Wildman–Crippen MR) is 126 cm³/mol. The van der Waals surface area contributed by atoms with Gasteiger partial charge < -0.3 is 19.9 Å². The Labute approximate surface area is 194 Å². The first-order chi connectivity index (χ1) is 15.5. The standard InChI is InChI=1S/C25H22BrNO5/c1-31-22-16-18(14-20(26)23(22)32-13-12-17-8-4-2-5-9-17)15-21(25(29)30)27-24(28)19-10-6-3-7-11-19/h2-11,14-16H,12-13H2,1H3,(H,27,28)(H,29,30). The molecule has 0 saturated carbocycles. The number of amides is 1. The topological polar surface area (TPSA) is 84.9 Å². The number of rotatable bonds is 9. The van der Waals surface area contributed by atoms with Crippen molar-refractivity contribution in [1.29, 1.82) is 0 Å². The van der Waals surface area contributed by atoms with Crippen molar-refractivity contribution in [3.8, 4) is 11.5 Å². The predicted octanol–water partition coefficient (Wildman–Crippen LogP) is 4.93. The molecule has 0 saturated heterocycles. The Hall–Kier alpha value is -3.58. The largest absolute Gasteiger partial charge is 0.493 e. The maximum atomic E-state index is 12.4. The van der Waals surface area contributed by atoms with E-state index in [0.717, 1.165) is 12.0 Å². The van der Waals surface area contributed by atoms with E-state index in [4.69, 9.17) is 9.47 Å². The maximum Gasteiger partial charge on any atom is 0.352 e. The lowest BCUT2D eigenvalue weighted by Crippen LogP contribution is -2.27. The van der Waals surface area contributed by atoms with Crippen LogP contribution in [0.15, 0.2) is 83.0 Å². The van der Waals surface area contributed by atoms with Gasteiger partial charge in [-0.15, -0.1) is 0 Å². The number of ether oxygens (including phenoxy) is 2. The van der Waals surface area contributed by atoms with Crippen LogP contribution in [-0.2, 0) is 11.2 Å². The van der Waals surface area contributed by atoms with Gasteiger partial charge in [0.1, 0.15) is 5.70 Å². The van der Waals surface area contributed by atoms with E-state index in [0.29, 0.717) is 33.7 Å². The van der Waals surface area contributed by atoms with E-state index in [2.05, 4.69) is 21.2 Å². The van der Waals surface area contributed by atoms with Crippen LogP contribution < -0.4 is 14.8 Å². The van der Waals surface area contributed by atoms with Gasteiger partial charge in [-0.05, 0) is 57.4 Å². The summed E-state index contributed by atoms with van der Waals surface area (Å²) in [7, 11) is 1.51. The summed E-state index contributed by atoms with van der Waals surface area (Å²) >= 11 is 3.47. The molecule has 0 spiro atoms. The maximum absolute atomic E-state index is 12.4. The zero-order valence-corrected chi connectivity index (χ0v) is 19.0. The van der Waals surface area contributed by atoms with Crippen LogP contribution in [-0.4, -0.2) is 30.7 Å². The summed E-state index contributed by atoms with van der Waals surface area (Å²) in [6, 6.07) is 21.7. The van der Waals surface area contributed by atoms with Crippen LogP contribution in [0.4, 0.5) is 0 Å². The van der Waals surface area contributed by atoms with E-state index in [1.807, 2.05) is 30.3 Å². The van der Waals surface area contributed by atoms with Gasteiger partial charge in [-0.3, -0.25) is 4.79 Å². The zero-order chi connectivity index (χ0) is 22.9. The van der Waals surface area contributed by atoms with Gasteiger partial charge in [0, 0.05) is 12.0 Å². The lowest BCUT2D eigenvalue weighted by atomic mass is 10.1. The Morgan fingerprint density at radius 2 is 1.69 bits per heavy atom. The van der Waals surface area contributed by atoms with Crippen molar-refractivity contribution in [2.45, 2.75) is 6.42 Å². The minimum absolute atomic E-state index is 0.259. The molecule has 7 heteroatoms. The van der Waals surface area contributed by atoms with Gasteiger partial charge in [-0.25, -0.2) is 4.79 Å². The molecule has 1 amide bonds. The quantitative estimate of drug-likeness (QED) is 0.411. The molecule has 0 radical (unpaired) electrons. The monoisotopic (exact) mass is 495 g/mol. The van der Waals surface area contributed by atoms with Gasteiger partial charge >= 0.3 is 5.97 Å². The summed E-state index contributed by atoms with van der Waals surface area (Å²) in [6.07, 6.45) is 2.09. The first-order valence-corrected chi connectivity index (χ1v) is 10.6. The van der Waals surface area contributed by atoms with Crippen LogP contribution in [0.25, 0.3) is 6.08 Å². The second-order valence-electron chi connectivity index (χ2n) is 6.80. The Morgan fingerprint density at radius 3 is 2.31 bits per heavy atom. The summed E-state index contributed by atoms with van der Waals surface area (Å²) < 4.78 is 12.0. The SMILES string of the molecule is COc1cc(C=C(NC(=O)c2ccccc2)C(=O)O)cc(Br)c1OCCc1ccccc1. The van der Waals surface area contributed by atoms with Crippen molar-refractivity contribution in [2.75, 3.05) is 13.7 Å². The van der Waals surface area contributed by atoms with Crippen LogP contribution in [0.3, 0.4) is 0 Å². The fourth-order valence-corrected chi connectivity index (χ4v) is 3.55. The molecule has 3 rings (SSSR count). The highest BCUT2D eigenvalue weighted by molar-refractivity contribution is 9.10. The first-order valence-electron chi connectivity index (χ1n) is 9.83. The van der Waals surface area contributed by atoms with Crippen molar-refractivity contribution in [2.24, 2.45) is 0 Å². The highest BCUT2D eigenvalue weighted by Gasteiger charge is 2.16. The fraction of sp³-hybridized carbons (Fsp3) is 0.120. The van der Waals surface area contributed by atoms with E-state index in [1.165, 1.54) is 13.2 Å². The van der Waals surface area contributed by atoms with Gasteiger partial charge in [0.15, 0.2) is 11.5 Å². The molecule has 3 aromatic rings. The van der Waals surface area contributed by atoms with Crippen LogP contribution in [0.1, 0.15) is 21.5 Å². The third-order valence-electron chi connectivity index (χ3n) is 4.56. The second-order valence-corrected chi connectivity index (χ2v) is 7.66. The summed E-state index contributed by atoms with van der Waals surface area (Å²) in [5.41, 5.74) is 1.78. The highest BCUT2D eigenvalue weighted by atomic mass is 79.9. The first kappa shape index (κ1) is 23.1. The number of carboxylic acids is 1. The molecule has 6 nitrogen and oxygen atoms in total. The van der Waals surface area contributed by atoms with Gasteiger partial charge in [-0.1, -0.05) is 48.5 Å².